The van der Waals surface area contributed by atoms with Gasteiger partial charge in [-0.1, -0.05) is 42.0 Å². The van der Waals surface area contributed by atoms with Crippen LogP contribution in [0.4, 0.5) is 0 Å². The van der Waals surface area contributed by atoms with Gasteiger partial charge < -0.3 is 15.3 Å². The topological polar surface area (TPSA) is 60.7 Å². The van der Waals surface area contributed by atoms with Crippen molar-refractivity contribution in [1.29, 1.82) is 0 Å². The molecule has 0 saturated heterocycles. The molecule has 3 heteroatoms. The van der Waals surface area contributed by atoms with Crippen LogP contribution in [0.3, 0.4) is 0 Å². The van der Waals surface area contributed by atoms with Crippen LogP contribution in [0, 0.1) is 11.8 Å². The number of benzene rings is 2. The van der Waals surface area contributed by atoms with E-state index < -0.39 is 0 Å². The van der Waals surface area contributed by atoms with Gasteiger partial charge in [-0.3, -0.25) is 0 Å². The largest absolute Gasteiger partial charge is 0.508 e. The zero-order valence-corrected chi connectivity index (χ0v) is 15.7. The molecule has 3 nitrogen and oxygen atoms in total. The van der Waals surface area contributed by atoms with Crippen molar-refractivity contribution in [2.75, 3.05) is 0 Å². The summed E-state index contributed by atoms with van der Waals surface area (Å²) in [5.74, 6) is 1.29. The molecule has 1 aliphatic rings. The van der Waals surface area contributed by atoms with Crippen molar-refractivity contribution < 1.29 is 15.3 Å². The van der Waals surface area contributed by atoms with Crippen molar-refractivity contribution in [3.63, 3.8) is 0 Å². The van der Waals surface area contributed by atoms with E-state index in [-0.39, 0.29) is 29.3 Å². The molecule has 0 radical (unpaired) electrons. The summed E-state index contributed by atoms with van der Waals surface area (Å²) in [5, 5.41) is 29.2. The molecule has 0 amide bonds. The first-order valence-corrected chi connectivity index (χ1v) is 9.27. The predicted octanol–water partition coefficient (Wildman–Crippen LogP) is 5.83. The Hall–Kier alpha value is -2.94. The summed E-state index contributed by atoms with van der Waals surface area (Å²) in [4.78, 5) is 0. The average molecular weight is 362 g/mol. The zero-order valence-electron chi connectivity index (χ0n) is 15.7. The van der Waals surface area contributed by atoms with Crippen LogP contribution in [0.2, 0.25) is 0 Å². The van der Waals surface area contributed by atoms with Gasteiger partial charge in [-0.05, 0) is 79.6 Å². The van der Waals surface area contributed by atoms with Crippen molar-refractivity contribution in [2.24, 2.45) is 11.8 Å². The van der Waals surface area contributed by atoms with E-state index in [4.69, 9.17) is 0 Å². The van der Waals surface area contributed by atoms with Gasteiger partial charge >= 0.3 is 0 Å². The van der Waals surface area contributed by atoms with Crippen LogP contribution in [0.5, 0.6) is 11.5 Å². The Morgan fingerprint density at radius 1 is 0.926 bits per heavy atom. The molecule has 2 atom stereocenters. The maximum atomic E-state index is 9.74. The van der Waals surface area contributed by atoms with Crippen LogP contribution in [-0.4, -0.2) is 15.3 Å². The highest BCUT2D eigenvalue weighted by Crippen LogP contribution is 2.43. The van der Waals surface area contributed by atoms with Crippen molar-refractivity contribution in [3.05, 3.63) is 95.3 Å². The van der Waals surface area contributed by atoms with Gasteiger partial charge in [0.2, 0.25) is 0 Å². The molecule has 0 heterocycles. The van der Waals surface area contributed by atoms with E-state index in [1.54, 1.807) is 30.3 Å². The Balaban J connectivity index is 2.11. The Morgan fingerprint density at radius 2 is 1.44 bits per heavy atom. The third-order valence-corrected chi connectivity index (χ3v) is 5.42. The highest BCUT2D eigenvalue weighted by molar-refractivity contribution is 5.41. The minimum absolute atomic E-state index is 0.0608. The van der Waals surface area contributed by atoms with Crippen molar-refractivity contribution >= 4 is 0 Å². The lowest BCUT2D eigenvalue weighted by Crippen LogP contribution is -2.24. The third kappa shape index (κ3) is 4.25. The van der Waals surface area contributed by atoms with E-state index in [2.05, 4.69) is 19.1 Å². The molecule has 140 valence electrons. The number of hydrogen-bond donors (Lipinski definition) is 3. The van der Waals surface area contributed by atoms with E-state index in [1.807, 2.05) is 37.3 Å². The lowest BCUT2D eigenvalue weighted by atomic mass is 9.69. The monoisotopic (exact) mass is 362 g/mol. The molecule has 3 N–H and O–H groups in total. The van der Waals surface area contributed by atoms with Gasteiger partial charge in [-0.25, -0.2) is 0 Å². The van der Waals surface area contributed by atoms with Crippen molar-refractivity contribution in [1.82, 2.24) is 0 Å². The minimum Gasteiger partial charge on any atom is -0.508 e. The van der Waals surface area contributed by atoms with Crippen LogP contribution >= 0.6 is 0 Å². The van der Waals surface area contributed by atoms with Crippen LogP contribution in [0.25, 0.3) is 0 Å². The fraction of sp³-hybridized carbons (Fsp3) is 0.250. The lowest BCUT2D eigenvalue weighted by molar-refractivity contribution is 0.381. The SMILES string of the molecule is C/C=C(\C)C(C1C=CC(O)=CC1)C(c1ccc(O)cc1)c1ccc(O)cc1. The molecule has 2 aromatic rings. The van der Waals surface area contributed by atoms with Crippen LogP contribution in [0.1, 0.15) is 37.3 Å². The first-order chi connectivity index (χ1) is 13.0. The maximum Gasteiger partial charge on any atom is 0.115 e. The lowest BCUT2D eigenvalue weighted by Gasteiger charge is -2.35. The first kappa shape index (κ1) is 18.8. The van der Waals surface area contributed by atoms with Crippen LogP contribution < -0.4 is 0 Å². The van der Waals surface area contributed by atoms with E-state index in [0.29, 0.717) is 5.76 Å². The summed E-state index contributed by atoms with van der Waals surface area (Å²) in [6.45, 7) is 4.19. The molecule has 0 saturated carbocycles. The molecule has 27 heavy (non-hydrogen) atoms. The fourth-order valence-corrected chi connectivity index (χ4v) is 3.90. The number of aromatic hydroxyl groups is 2. The normalized spacial score (nSPS) is 18.4. The first-order valence-electron chi connectivity index (χ1n) is 9.27. The Labute approximate surface area is 160 Å². The molecule has 3 rings (SSSR count). The number of aliphatic hydroxyl groups excluding tert-OH is 1. The number of hydrogen-bond acceptors (Lipinski definition) is 3. The molecule has 0 aromatic heterocycles. The molecule has 2 aromatic carbocycles. The van der Waals surface area contributed by atoms with E-state index in [0.717, 1.165) is 17.5 Å². The number of phenolic OH excluding ortho intramolecular Hbond substituents is 2. The van der Waals surface area contributed by atoms with Gasteiger partial charge in [-0.15, -0.1) is 0 Å². The summed E-state index contributed by atoms with van der Waals surface area (Å²) in [6.07, 6.45) is 8.64. The summed E-state index contributed by atoms with van der Waals surface area (Å²) < 4.78 is 0. The van der Waals surface area contributed by atoms with Gasteiger partial charge in [0.15, 0.2) is 0 Å². The number of phenols is 2. The Morgan fingerprint density at radius 3 is 1.85 bits per heavy atom. The molecular weight excluding hydrogens is 336 g/mol. The molecule has 0 aliphatic heterocycles. The fourth-order valence-electron chi connectivity index (χ4n) is 3.90. The highest BCUT2D eigenvalue weighted by atomic mass is 16.3. The highest BCUT2D eigenvalue weighted by Gasteiger charge is 2.32. The summed E-state index contributed by atoms with van der Waals surface area (Å²) >= 11 is 0. The second kappa shape index (κ2) is 8.17. The maximum absolute atomic E-state index is 9.74. The third-order valence-electron chi connectivity index (χ3n) is 5.42. The quantitative estimate of drug-likeness (QED) is 0.586. The Bertz CT molecular complexity index is 812. The predicted molar refractivity (Wildman–Crippen MR) is 109 cm³/mol. The van der Waals surface area contributed by atoms with Crippen molar-refractivity contribution in [3.8, 4) is 11.5 Å². The van der Waals surface area contributed by atoms with Gasteiger partial charge in [0.25, 0.3) is 0 Å². The van der Waals surface area contributed by atoms with Crippen molar-refractivity contribution in [2.45, 2.75) is 26.2 Å². The second-order valence-electron chi connectivity index (χ2n) is 7.11. The van der Waals surface area contributed by atoms with Crippen LogP contribution in [0.15, 0.2) is 84.2 Å². The van der Waals surface area contributed by atoms with Gasteiger partial charge in [0.1, 0.15) is 17.3 Å². The van der Waals surface area contributed by atoms with Gasteiger partial charge in [-0.2, -0.15) is 0 Å². The van der Waals surface area contributed by atoms with Gasteiger partial charge in [0, 0.05) is 5.92 Å². The number of aliphatic hydroxyl groups is 1. The summed E-state index contributed by atoms with van der Waals surface area (Å²) in [6, 6.07) is 14.7. The van der Waals surface area contributed by atoms with E-state index in [1.165, 1.54) is 5.57 Å². The van der Waals surface area contributed by atoms with Crippen LogP contribution in [-0.2, 0) is 0 Å². The summed E-state index contributed by atoms with van der Waals surface area (Å²) in [7, 11) is 0. The Kier molecular flexibility index (Phi) is 5.70. The summed E-state index contributed by atoms with van der Waals surface area (Å²) in [5.41, 5.74) is 3.49. The second-order valence-corrected chi connectivity index (χ2v) is 7.11. The number of allylic oxidation sites excluding steroid dienone is 5. The molecule has 0 spiro atoms. The molecule has 2 unspecified atom stereocenters. The number of rotatable bonds is 5. The van der Waals surface area contributed by atoms with E-state index >= 15 is 0 Å². The molecule has 1 aliphatic carbocycles. The average Bonchev–Trinajstić information content (AvgIpc) is 2.68. The standard InChI is InChI=1S/C24H26O3/c1-3-16(2)23(17-4-10-20(25)11-5-17)24(18-6-12-21(26)13-7-18)19-8-14-22(27)15-9-19/h3-4,6-15,17,23-27H,5H2,1-2H3/b16-3+. The molecule has 0 fully saturated rings. The minimum atomic E-state index is 0.0608. The van der Waals surface area contributed by atoms with E-state index in [9.17, 15) is 15.3 Å². The smallest absolute Gasteiger partial charge is 0.115 e. The zero-order chi connectivity index (χ0) is 19.4. The van der Waals surface area contributed by atoms with Gasteiger partial charge in [0.05, 0.1) is 0 Å². The molecule has 0 bridgehead atoms. The molecular formula is C24H26O3.